The Labute approximate surface area is 106 Å². The van der Waals surface area contributed by atoms with Crippen molar-refractivity contribution in [2.75, 3.05) is 38.7 Å². The first-order chi connectivity index (χ1) is 7.74. The summed E-state index contributed by atoms with van der Waals surface area (Å²) in [5, 5.41) is 3.70. The first-order valence-corrected chi connectivity index (χ1v) is 8.04. The number of unbranched alkanes of at least 4 members (excludes halogenated alkanes) is 1. The van der Waals surface area contributed by atoms with Crippen LogP contribution in [0.4, 0.5) is 0 Å². The summed E-state index contributed by atoms with van der Waals surface area (Å²) in [5.74, 6) is 2.17. The van der Waals surface area contributed by atoms with Crippen LogP contribution in [0, 0.1) is 5.92 Å². The molecule has 1 N–H and O–H groups in total. The number of nitrogens with zero attached hydrogens (tertiary/aromatic N) is 1. The lowest BCUT2D eigenvalue weighted by Crippen LogP contribution is -2.43. The van der Waals surface area contributed by atoms with E-state index in [4.69, 9.17) is 0 Å². The van der Waals surface area contributed by atoms with Gasteiger partial charge in [-0.1, -0.05) is 0 Å². The summed E-state index contributed by atoms with van der Waals surface area (Å²) < 4.78 is 0. The number of hydrogen-bond acceptors (Lipinski definition) is 3. The van der Waals surface area contributed by atoms with Gasteiger partial charge in [-0.3, -0.25) is 0 Å². The zero-order chi connectivity index (χ0) is 11.8. The van der Waals surface area contributed by atoms with Gasteiger partial charge in [-0.05, 0) is 70.7 Å². The minimum Gasteiger partial charge on any atom is -0.314 e. The summed E-state index contributed by atoms with van der Waals surface area (Å²) in [6, 6.07) is 0.692. The third kappa shape index (κ3) is 5.55. The maximum atomic E-state index is 3.70. The first kappa shape index (κ1) is 14.3. The van der Waals surface area contributed by atoms with E-state index in [-0.39, 0.29) is 0 Å². The van der Waals surface area contributed by atoms with E-state index >= 15 is 0 Å². The molecule has 1 saturated heterocycles. The van der Waals surface area contributed by atoms with Crippen LogP contribution in [-0.4, -0.2) is 49.6 Å². The lowest BCUT2D eigenvalue weighted by atomic mass is 9.92. The Kier molecular flexibility index (Phi) is 7.50. The highest BCUT2D eigenvalue weighted by Gasteiger charge is 2.21. The number of nitrogens with one attached hydrogen (secondary N) is 1. The molecule has 3 heteroatoms. The van der Waals surface area contributed by atoms with E-state index in [1.807, 2.05) is 11.8 Å². The molecule has 0 aromatic heterocycles. The quantitative estimate of drug-likeness (QED) is 0.693. The molecule has 1 fully saturated rings. The number of piperidine rings is 1. The third-order valence-electron chi connectivity index (χ3n) is 3.61. The Hall–Kier alpha value is 0.270. The second kappa shape index (κ2) is 8.37. The van der Waals surface area contributed by atoms with E-state index in [1.165, 1.54) is 51.1 Å². The molecule has 0 saturated carbocycles. The van der Waals surface area contributed by atoms with E-state index in [1.54, 1.807) is 0 Å². The van der Waals surface area contributed by atoms with Crippen LogP contribution in [0.5, 0.6) is 0 Å². The van der Waals surface area contributed by atoms with E-state index in [2.05, 4.69) is 30.4 Å². The molecule has 1 aliphatic rings. The predicted molar refractivity (Wildman–Crippen MR) is 75.3 cm³/mol. The number of likely N-dealkylation sites (tertiary alicyclic amines) is 1. The second-order valence-corrected chi connectivity index (χ2v) is 6.09. The highest BCUT2D eigenvalue weighted by Crippen LogP contribution is 2.18. The Morgan fingerprint density at radius 2 is 2.25 bits per heavy atom. The lowest BCUT2D eigenvalue weighted by molar-refractivity contribution is 0.179. The van der Waals surface area contributed by atoms with Gasteiger partial charge < -0.3 is 10.2 Å². The van der Waals surface area contributed by atoms with Crippen molar-refractivity contribution in [3.63, 3.8) is 0 Å². The number of thioether (sulfide) groups is 1. The minimum atomic E-state index is 0.692. The fraction of sp³-hybridized carbons (Fsp3) is 1.00. The molecule has 96 valence electrons. The summed E-state index contributed by atoms with van der Waals surface area (Å²) >= 11 is 1.95. The van der Waals surface area contributed by atoms with E-state index in [9.17, 15) is 0 Å². The average Bonchev–Trinajstić information content (AvgIpc) is 2.28. The summed E-state index contributed by atoms with van der Waals surface area (Å²) in [4.78, 5) is 2.47. The molecule has 0 aromatic rings. The van der Waals surface area contributed by atoms with Crippen molar-refractivity contribution >= 4 is 11.8 Å². The van der Waals surface area contributed by atoms with Crippen LogP contribution in [0.3, 0.4) is 0 Å². The molecule has 0 amide bonds. The van der Waals surface area contributed by atoms with Crippen molar-refractivity contribution in [3.8, 4) is 0 Å². The van der Waals surface area contributed by atoms with Crippen LogP contribution in [0.25, 0.3) is 0 Å². The molecule has 0 spiro atoms. The summed E-state index contributed by atoms with van der Waals surface area (Å²) in [7, 11) is 2.25. The zero-order valence-corrected chi connectivity index (χ0v) is 12.0. The molecule has 1 aliphatic heterocycles. The third-order valence-corrected chi connectivity index (χ3v) is 4.31. The summed E-state index contributed by atoms with van der Waals surface area (Å²) in [5.41, 5.74) is 0. The van der Waals surface area contributed by atoms with Crippen molar-refractivity contribution in [2.45, 2.75) is 38.6 Å². The van der Waals surface area contributed by atoms with E-state index in [0.717, 1.165) is 5.92 Å². The van der Waals surface area contributed by atoms with Gasteiger partial charge in [-0.25, -0.2) is 0 Å². The molecule has 16 heavy (non-hydrogen) atoms. The van der Waals surface area contributed by atoms with Crippen molar-refractivity contribution < 1.29 is 0 Å². The number of hydrogen-bond donors (Lipinski definition) is 1. The molecule has 2 unspecified atom stereocenters. The molecule has 2 nitrogen and oxygen atoms in total. The smallest absolute Gasteiger partial charge is 0.00792 e. The van der Waals surface area contributed by atoms with Gasteiger partial charge in [0.2, 0.25) is 0 Å². The van der Waals surface area contributed by atoms with Crippen LogP contribution in [-0.2, 0) is 0 Å². The van der Waals surface area contributed by atoms with E-state index in [0.29, 0.717) is 6.04 Å². The van der Waals surface area contributed by atoms with Crippen molar-refractivity contribution in [1.29, 1.82) is 0 Å². The molecule has 1 rings (SSSR count). The predicted octanol–water partition coefficient (Wildman–Crippen LogP) is 2.45. The van der Waals surface area contributed by atoms with Gasteiger partial charge in [0.05, 0.1) is 0 Å². The monoisotopic (exact) mass is 244 g/mol. The van der Waals surface area contributed by atoms with Crippen LogP contribution in [0.15, 0.2) is 0 Å². The molecule has 0 radical (unpaired) electrons. The minimum absolute atomic E-state index is 0.692. The van der Waals surface area contributed by atoms with Crippen LogP contribution in [0.1, 0.15) is 32.6 Å². The maximum Gasteiger partial charge on any atom is 0.00792 e. The summed E-state index contributed by atoms with van der Waals surface area (Å²) in [6.45, 7) is 6.12. The van der Waals surface area contributed by atoms with Crippen molar-refractivity contribution in [1.82, 2.24) is 10.2 Å². The summed E-state index contributed by atoms with van der Waals surface area (Å²) in [6.07, 6.45) is 7.65. The first-order valence-electron chi connectivity index (χ1n) is 6.65. The van der Waals surface area contributed by atoms with Gasteiger partial charge in [0, 0.05) is 12.6 Å². The standard InChI is InChI=1S/C13H28N2S/c1-12(14-8-4-5-10-16-3)13-7-6-9-15(2)11-13/h12-14H,4-11H2,1-3H3. The normalized spacial score (nSPS) is 24.6. The fourth-order valence-electron chi connectivity index (χ4n) is 2.48. The van der Waals surface area contributed by atoms with Crippen LogP contribution < -0.4 is 5.32 Å². The highest BCUT2D eigenvalue weighted by atomic mass is 32.2. The molecule has 1 heterocycles. The van der Waals surface area contributed by atoms with Gasteiger partial charge in [0.25, 0.3) is 0 Å². The Morgan fingerprint density at radius 3 is 2.94 bits per heavy atom. The topological polar surface area (TPSA) is 15.3 Å². The fourth-order valence-corrected chi connectivity index (χ4v) is 2.98. The highest BCUT2D eigenvalue weighted by molar-refractivity contribution is 7.98. The van der Waals surface area contributed by atoms with Gasteiger partial charge in [-0.15, -0.1) is 0 Å². The zero-order valence-electron chi connectivity index (χ0n) is 11.2. The lowest BCUT2D eigenvalue weighted by Gasteiger charge is -2.34. The molecule has 0 aliphatic carbocycles. The molecule has 0 bridgehead atoms. The van der Waals surface area contributed by atoms with Gasteiger partial charge >= 0.3 is 0 Å². The van der Waals surface area contributed by atoms with Gasteiger partial charge in [0.15, 0.2) is 0 Å². The van der Waals surface area contributed by atoms with Gasteiger partial charge in [0.1, 0.15) is 0 Å². The molecule has 2 atom stereocenters. The maximum absolute atomic E-state index is 3.70. The van der Waals surface area contributed by atoms with Crippen LogP contribution in [0.2, 0.25) is 0 Å². The SMILES string of the molecule is CSCCCCNC(C)C1CCCN(C)C1. The largest absolute Gasteiger partial charge is 0.314 e. The Bertz CT molecular complexity index is 175. The van der Waals surface area contributed by atoms with E-state index < -0.39 is 0 Å². The molecular weight excluding hydrogens is 216 g/mol. The van der Waals surface area contributed by atoms with Gasteiger partial charge in [-0.2, -0.15) is 11.8 Å². The van der Waals surface area contributed by atoms with Crippen molar-refractivity contribution in [3.05, 3.63) is 0 Å². The Balaban J connectivity index is 2.06. The van der Waals surface area contributed by atoms with Crippen molar-refractivity contribution in [2.24, 2.45) is 5.92 Å². The van der Waals surface area contributed by atoms with Crippen LogP contribution >= 0.6 is 11.8 Å². The molecular formula is C13H28N2S. The number of rotatable bonds is 7. The molecule has 0 aromatic carbocycles. The second-order valence-electron chi connectivity index (χ2n) is 5.11. The Morgan fingerprint density at radius 1 is 1.44 bits per heavy atom. The average molecular weight is 244 g/mol.